The van der Waals surface area contributed by atoms with Crippen LogP contribution in [-0.4, -0.2) is 25.2 Å². The zero-order valence-corrected chi connectivity index (χ0v) is 14.4. The summed E-state index contributed by atoms with van der Waals surface area (Å²) in [5.74, 6) is -0.941. The van der Waals surface area contributed by atoms with Gasteiger partial charge >= 0.3 is 11.9 Å². The van der Waals surface area contributed by atoms with Crippen LogP contribution in [0.5, 0.6) is 0 Å². The zero-order chi connectivity index (χ0) is 16.4. The van der Waals surface area contributed by atoms with Crippen LogP contribution in [0.1, 0.15) is 72.1 Å². The number of hydrogen-bond acceptors (Lipinski definition) is 4. The van der Waals surface area contributed by atoms with E-state index >= 15 is 0 Å². The van der Waals surface area contributed by atoms with Crippen LogP contribution in [0, 0.1) is 17.8 Å². The summed E-state index contributed by atoms with van der Waals surface area (Å²) in [5.41, 5.74) is 0. The van der Waals surface area contributed by atoms with Gasteiger partial charge in [-0.25, -0.2) is 0 Å². The molecule has 1 rings (SSSR count). The van der Waals surface area contributed by atoms with Gasteiger partial charge in [0.25, 0.3) is 0 Å². The summed E-state index contributed by atoms with van der Waals surface area (Å²) in [5, 5.41) is 0. The van der Waals surface area contributed by atoms with E-state index in [9.17, 15) is 9.59 Å². The maximum atomic E-state index is 12.5. The van der Waals surface area contributed by atoms with Crippen molar-refractivity contribution < 1.29 is 19.1 Å². The molecule has 0 aliphatic heterocycles. The molecule has 1 aliphatic rings. The quantitative estimate of drug-likeness (QED) is 0.450. The van der Waals surface area contributed by atoms with Gasteiger partial charge in [-0.05, 0) is 31.6 Å². The summed E-state index contributed by atoms with van der Waals surface area (Å²) in [7, 11) is 0. The van der Waals surface area contributed by atoms with Gasteiger partial charge in [0.05, 0.1) is 25.0 Å². The van der Waals surface area contributed by atoms with Crippen LogP contribution >= 0.6 is 0 Å². The number of carbonyl (C=O) groups excluding carboxylic acids is 2. The summed E-state index contributed by atoms with van der Waals surface area (Å²) < 4.78 is 10.7. The van der Waals surface area contributed by atoms with E-state index in [0.717, 1.165) is 51.4 Å². The second-order valence-corrected chi connectivity index (χ2v) is 6.40. The Hall–Kier alpha value is -1.06. The van der Waals surface area contributed by atoms with Crippen LogP contribution in [0.25, 0.3) is 0 Å². The predicted octanol–water partition coefficient (Wildman–Crippen LogP) is 4.12. The minimum absolute atomic E-state index is 0.208. The zero-order valence-electron chi connectivity index (χ0n) is 14.4. The normalized spacial score (nSPS) is 18.0. The van der Waals surface area contributed by atoms with E-state index in [1.807, 2.05) is 6.92 Å². The van der Waals surface area contributed by atoms with E-state index in [-0.39, 0.29) is 23.8 Å². The maximum absolute atomic E-state index is 12.5. The van der Waals surface area contributed by atoms with E-state index in [1.165, 1.54) is 0 Å². The summed E-state index contributed by atoms with van der Waals surface area (Å²) in [6.07, 6.45) is 8.04. The van der Waals surface area contributed by atoms with Gasteiger partial charge in [0, 0.05) is 0 Å². The summed E-state index contributed by atoms with van der Waals surface area (Å²) >= 11 is 0. The molecule has 0 N–H and O–H groups in total. The Morgan fingerprint density at radius 2 is 1.45 bits per heavy atom. The first-order chi connectivity index (χ1) is 10.6. The van der Waals surface area contributed by atoms with E-state index in [2.05, 4.69) is 13.8 Å². The van der Waals surface area contributed by atoms with Crippen molar-refractivity contribution in [2.24, 2.45) is 17.8 Å². The Labute approximate surface area is 134 Å². The second-order valence-electron chi connectivity index (χ2n) is 6.40. The molecular formula is C18H32O4. The van der Waals surface area contributed by atoms with Crippen LogP contribution in [0.4, 0.5) is 0 Å². The molecule has 0 aromatic carbocycles. The molecule has 128 valence electrons. The number of rotatable bonds is 10. The first kappa shape index (κ1) is 19.0. The van der Waals surface area contributed by atoms with E-state index in [1.54, 1.807) is 0 Å². The molecule has 2 atom stereocenters. The van der Waals surface area contributed by atoms with Gasteiger partial charge in [-0.1, -0.05) is 46.5 Å². The van der Waals surface area contributed by atoms with Gasteiger partial charge in [-0.3, -0.25) is 9.59 Å². The van der Waals surface area contributed by atoms with Crippen molar-refractivity contribution in [2.75, 3.05) is 13.2 Å². The number of unbranched alkanes of at least 4 members (excludes halogenated alkanes) is 2. The molecule has 0 amide bonds. The molecule has 4 nitrogen and oxygen atoms in total. The predicted molar refractivity (Wildman–Crippen MR) is 86.3 cm³/mol. The third-order valence-electron chi connectivity index (χ3n) is 4.57. The fourth-order valence-electron chi connectivity index (χ4n) is 3.13. The molecule has 1 fully saturated rings. The Morgan fingerprint density at radius 3 is 1.95 bits per heavy atom. The number of hydrogen-bond donors (Lipinski definition) is 0. The van der Waals surface area contributed by atoms with Crippen LogP contribution < -0.4 is 0 Å². The fourth-order valence-corrected chi connectivity index (χ4v) is 3.13. The van der Waals surface area contributed by atoms with Gasteiger partial charge in [-0.2, -0.15) is 0 Å². The molecule has 0 aromatic heterocycles. The van der Waals surface area contributed by atoms with E-state index in [0.29, 0.717) is 13.2 Å². The standard InChI is InChI=1S/C18H32O4/c1-4-6-12-21-17(19)14(3)16(15-10-8-9-11-15)18(20)22-13-7-5-2/h14-16H,4-13H2,1-3H3. The van der Waals surface area contributed by atoms with Gasteiger partial charge in [-0.15, -0.1) is 0 Å². The first-order valence-electron chi connectivity index (χ1n) is 8.95. The van der Waals surface area contributed by atoms with Crippen LogP contribution in [0.3, 0.4) is 0 Å². The Bertz CT molecular complexity index is 334. The van der Waals surface area contributed by atoms with E-state index < -0.39 is 5.92 Å². The lowest BCUT2D eigenvalue weighted by Crippen LogP contribution is -2.35. The lowest BCUT2D eigenvalue weighted by Gasteiger charge is -2.26. The average Bonchev–Trinajstić information content (AvgIpc) is 3.01. The number of esters is 2. The lowest BCUT2D eigenvalue weighted by molar-refractivity contribution is -0.162. The van der Waals surface area contributed by atoms with Gasteiger partial charge in [0.1, 0.15) is 0 Å². The molecule has 0 bridgehead atoms. The third-order valence-corrected chi connectivity index (χ3v) is 4.57. The molecule has 22 heavy (non-hydrogen) atoms. The highest BCUT2D eigenvalue weighted by molar-refractivity contribution is 5.82. The minimum atomic E-state index is -0.408. The molecule has 2 unspecified atom stereocenters. The van der Waals surface area contributed by atoms with Gasteiger partial charge in [0.2, 0.25) is 0 Å². The highest BCUT2D eigenvalue weighted by Crippen LogP contribution is 2.36. The molecule has 0 spiro atoms. The SMILES string of the molecule is CCCCOC(=O)C(C)C(C(=O)OCCCC)C1CCCC1. The smallest absolute Gasteiger partial charge is 0.310 e. The third kappa shape index (κ3) is 5.98. The van der Waals surface area contributed by atoms with Crippen molar-refractivity contribution in [3.8, 4) is 0 Å². The molecule has 1 aliphatic carbocycles. The van der Waals surface area contributed by atoms with Crippen LogP contribution in [0.15, 0.2) is 0 Å². The van der Waals surface area contributed by atoms with Crippen molar-refractivity contribution in [2.45, 2.75) is 72.1 Å². The van der Waals surface area contributed by atoms with Crippen molar-refractivity contribution in [1.29, 1.82) is 0 Å². The second kappa shape index (κ2) is 10.6. The van der Waals surface area contributed by atoms with Crippen molar-refractivity contribution in [3.63, 3.8) is 0 Å². The fraction of sp³-hybridized carbons (Fsp3) is 0.889. The van der Waals surface area contributed by atoms with Crippen molar-refractivity contribution in [3.05, 3.63) is 0 Å². The average molecular weight is 312 g/mol. The van der Waals surface area contributed by atoms with Crippen molar-refractivity contribution in [1.82, 2.24) is 0 Å². The molecule has 0 radical (unpaired) electrons. The maximum Gasteiger partial charge on any atom is 0.310 e. The number of ether oxygens (including phenoxy) is 2. The summed E-state index contributed by atoms with van der Waals surface area (Å²) in [6, 6.07) is 0. The molecule has 0 heterocycles. The van der Waals surface area contributed by atoms with E-state index in [4.69, 9.17) is 9.47 Å². The number of carbonyl (C=O) groups is 2. The molecule has 0 aromatic rings. The van der Waals surface area contributed by atoms with Crippen molar-refractivity contribution >= 4 is 11.9 Å². The highest BCUT2D eigenvalue weighted by atomic mass is 16.5. The molecular weight excluding hydrogens is 280 g/mol. The molecule has 4 heteroatoms. The van der Waals surface area contributed by atoms with Crippen LogP contribution in [0.2, 0.25) is 0 Å². The molecule has 0 saturated heterocycles. The lowest BCUT2D eigenvalue weighted by atomic mass is 9.81. The highest BCUT2D eigenvalue weighted by Gasteiger charge is 2.39. The Kier molecular flexibility index (Phi) is 9.17. The topological polar surface area (TPSA) is 52.6 Å². The first-order valence-corrected chi connectivity index (χ1v) is 8.95. The van der Waals surface area contributed by atoms with Gasteiger partial charge < -0.3 is 9.47 Å². The van der Waals surface area contributed by atoms with Crippen LogP contribution in [-0.2, 0) is 19.1 Å². The Balaban J connectivity index is 2.63. The summed E-state index contributed by atoms with van der Waals surface area (Å²) in [6.45, 7) is 6.84. The summed E-state index contributed by atoms with van der Waals surface area (Å²) in [4.78, 5) is 24.7. The van der Waals surface area contributed by atoms with Gasteiger partial charge in [0.15, 0.2) is 0 Å². The monoisotopic (exact) mass is 312 g/mol. The Morgan fingerprint density at radius 1 is 0.955 bits per heavy atom. The largest absolute Gasteiger partial charge is 0.465 e. The minimum Gasteiger partial charge on any atom is -0.465 e. The molecule has 1 saturated carbocycles.